The molecule has 0 aliphatic heterocycles. The first-order valence-electron chi connectivity index (χ1n) is 6.98. The van der Waals surface area contributed by atoms with E-state index in [4.69, 9.17) is 4.43 Å². The van der Waals surface area contributed by atoms with E-state index in [1.165, 1.54) is 0 Å². The summed E-state index contributed by atoms with van der Waals surface area (Å²) in [6.45, 7) is 16.7. The minimum atomic E-state index is -1.83. The standard InChI is InChI=1S/C14H32O3Si/c1-9-12(10(2)13(16)11(3)15)17-18(7,8)14(4,5)6/h10-13,15-16H,9H2,1-8H3/t10-,11+,12+,13+/m0/s1. The van der Waals surface area contributed by atoms with Gasteiger partial charge in [-0.3, -0.25) is 0 Å². The summed E-state index contributed by atoms with van der Waals surface area (Å²) in [5.41, 5.74) is 0. The fourth-order valence-corrected chi connectivity index (χ4v) is 3.27. The van der Waals surface area contributed by atoms with Crippen LogP contribution in [0.2, 0.25) is 18.1 Å². The van der Waals surface area contributed by atoms with E-state index in [2.05, 4.69) is 40.8 Å². The van der Waals surface area contributed by atoms with E-state index in [1.54, 1.807) is 6.92 Å². The first-order valence-corrected chi connectivity index (χ1v) is 9.88. The molecule has 0 aliphatic carbocycles. The molecule has 0 saturated carbocycles. The summed E-state index contributed by atoms with van der Waals surface area (Å²) in [4.78, 5) is 0. The van der Waals surface area contributed by atoms with Crippen LogP contribution in [0.15, 0.2) is 0 Å². The van der Waals surface area contributed by atoms with Crippen molar-refractivity contribution in [2.75, 3.05) is 0 Å². The number of aliphatic hydroxyl groups excluding tert-OH is 2. The second kappa shape index (κ2) is 6.50. The van der Waals surface area contributed by atoms with E-state index in [0.29, 0.717) is 0 Å². The predicted octanol–water partition coefficient (Wildman–Crippen LogP) is 3.16. The molecule has 0 aromatic rings. The van der Waals surface area contributed by atoms with Crippen molar-refractivity contribution < 1.29 is 14.6 Å². The zero-order chi connectivity index (χ0) is 14.7. The fraction of sp³-hybridized carbons (Fsp3) is 1.00. The molecule has 0 saturated heterocycles. The lowest BCUT2D eigenvalue weighted by Crippen LogP contribution is -2.48. The van der Waals surface area contributed by atoms with Crippen molar-refractivity contribution >= 4 is 8.32 Å². The Morgan fingerprint density at radius 2 is 1.56 bits per heavy atom. The summed E-state index contributed by atoms with van der Waals surface area (Å²) in [6.07, 6.45) is -0.565. The van der Waals surface area contributed by atoms with E-state index in [9.17, 15) is 10.2 Å². The summed E-state index contributed by atoms with van der Waals surface area (Å²) < 4.78 is 6.35. The summed E-state index contributed by atoms with van der Waals surface area (Å²) in [5, 5.41) is 19.6. The van der Waals surface area contributed by atoms with Crippen LogP contribution in [0, 0.1) is 5.92 Å². The Balaban J connectivity index is 4.81. The zero-order valence-electron chi connectivity index (χ0n) is 13.3. The Hall–Kier alpha value is 0.0969. The highest BCUT2D eigenvalue weighted by Crippen LogP contribution is 2.38. The van der Waals surface area contributed by atoms with Crippen LogP contribution in [0.3, 0.4) is 0 Å². The number of rotatable bonds is 6. The van der Waals surface area contributed by atoms with Gasteiger partial charge in [-0.25, -0.2) is 0 Å². The first-order chi connectivity index (χ1) is 7.94. The van der Waals surface area contributed by atoms with Gasteiger partial charge in [-0.15, -0.1) is 0 Å². The second-order valence-electron chi connectivity index (χ2n) is 6.92. The van der Waals surface area contributed by atoms with Gasteiger partial charge < -0.3 is 14.6 Å². The Morgan fingerprint density at radius 1 is 1.11 bits per heavy atom. The van der Waals surface area contributed by atoms with Gasteiger partial charge >= 0.3 is 0 Å². The lowest BCUT2D eigenvalue weighted by atomic mass is 9.93. The Labute approximate surface area is 114 Å². The van der Waals surface area contributed by atoms with Crippen molar-refractivity contribution in [3.05, 3.63) is 0 Å². The molecule has 0 fully saturated rings. The molecule has 110 valence electrons. The molecule has 0 spiro atoms. The molecule has 0 aliphatic rings. The maximum absolute atomic E-state index is 9.98. The van der Waals surface area contributed by atoms with Crippen molar-refractivity contribution in [3.8, 4) is 0 Å². The van der Waals surface area contributed by atoms with Crippen LogP contribution in [-0.4, -0.2) is 36.8 Å². The molecule has 2 N–H and O–H groups in total. The average Bonchev–Trinajstić information content (AvgIpc) is 2.22. The maximum atomic E-state index is 9.98. The third-order valence-electron chi connectivity index (χ3n) is 4.27. The number of hydrogen-bond acceptors (Lipinski definition) is 3. The van der Waals surface area contributed by atoms with E-state index >= 15 is 0 Å². The van der Waals surface area contributed by atoms with Gasteiger partial charge in [-0.1, -0.05) is 34.6 Å². The van der Waals surface area contributed by atoms with Crippen molar-refractivity contribution in [2.45, 2.75) is 84.4 Å². The van der Waals surface area contributed by atoms with Crippen LogP contribution in [0.1, 0.15) is 48.0 Å². The monoisotopic (exact) mass is 276 g/mol. The third kappa shape index (κ3) is 4.65. The van der Waals surface area contributed by atoms with Crippen LogP contribution in [0.4, 0.5) is 0 Å². The van der Waals surface area contributed by atoms with Crippen molar-refractivity contribution in [3.63, 3.8) is 0 Å². The molecule has 0 bridgehead atoms. The molecule has 3 nitrogen and oxygen atoms in total. The van der Waals surface area contributed by atoms with Gasteiger partial charge in [0.2, 0.25) is 0 Å². The minimum Gasteiger partial charge on any atom is -0.414 e. The molecular weight excluding hydrogens is 244 g/mol. The van der Waals surface area contributed by atoms with Gasteiger partial charge in [-0.2, -0.15) is 0 Å². The lowest BCUT2D eigenvalue weighted by molar-refractivity contribution is -0.0411. The molecule has 0 unspecified atom stereocenters. The highest BCUT2D eigenvalue weighted by molar-refractivity contribution is 6.74. The molecule has 0 rings (SSSR count). The molecule has 4 heteroatoms. The summed E-state index contributed by atoms with van der Waals surface area (Å²) >= 11 is 0. The number of aliphatic hydroxyl groups is 2. The summed E-state index contributed by atoms with van der Waals surface area (Å²) in [6, 6.07) is 0. The fourth-order valence-electron chi connectivity index (χ4n) is 1.78. The summed E-state index contributed by atoms with van der Waals surface area (Å²) in [5.74, 6) is -0.0517. The summed E-state index contributed by atoms with van der Waals surface area (Å²) in [7, 11) is -1.83. The van der Waals surface area contributed by atoms with Gasteiger partial charge in [0.05, 0.1) is 12.2 Å². The van der Waals surface area contributed by atoms with Crippen LogP contribution < -0.4 is 0 Å². The van der Waals surface area contributed by atoms with E-state index in [-0.39, 0.29) is 17.1 Å². The Morgan fingerprint density at radius 3 is 1.83 bits per heavy atom. The van der Waals surface area contributed by atoms with Gasteiger partial charge in [0, 0.05) is 12.0 Å². The Kier molecular flexibility index (Phi) is 6.54. The molecule has 0 radical (unpaired) electrons. The first kappa shape index (κ1) is 18.1. The quantitative estimate of drug-likeness (QED) is 0.733. The SMILES string of the molecule is CC[C@@H](O[Si](C)(C)C(C)(C)C)[C@H](C)[C@@H](O)[C@@H](C)O. The van der Waals surface area contributed by atoms with Gasteiger partial charge in [0.15, 0.2) is 8.32 Å². The Bertz CT molecular complexity index is 246. The van der Waals surface area contributed by atoms with Crippen LogP contribution in [-0.2, 0) is 4.43 Å². The second-order valence-corrected chi connectivity index (χ2v) is 11.7. The van der Waals surface area contributed by atoms with Crippen LogP contribution >= 0.6 is 0 Å². The number of hydrogen-bond donors (Lipinski definition) is 2. The largest absolute Gasteiger partial charge is 0.414 e. The van der Waals surface area contributed by atoms with E-state index < -0.39 is 20.5 Å². The van der Waals surface area contributed by atoms with Crippen molar-refractivity contribution in [1.29, 1.82) is 0 Å². The highest BCUT2D eigenvalue weighted by Gasteiger charge is 2.40. The minimum absolute atomic E-state index is 0.00971. The highest BCUT2D eigenvalue weighted by atomic mass is 28.4. The molecule has 0 heterocycles. The van der Waals surface area contributed by atoms with Crippen molar-refractivity contribution in [2.24, 2.45) is 5.92 Å². The predicted molar refractivity (Wildman–Crippen MR) is 79.2 cm³/mol. The van der Waals surface area contributed by atoms with E-state index in [1.807, 2.05) is 6.92 Å². The van der Waals surface area contributed by atoms with Gasteiger partial charge in [0.25, 0.3) is 0 Å². The third-order valence-corrected chi connectivity index (χ3v) is 8.78. The molecule has 18 heavy (non-hydrogen) atoms. The normalized spacial score (nSPS) is 20.3. The zero-order valence-corrected chi connectivity index (χ0v) is 14.3. The average molecular weight is 276 g/mol. The lowest BCUT2D eigenvalue weighted by Gasteiger charge is -2.41. The maximum Gasteiger partial charge on any atom is 0.192 e. The van der Waals surface area contributed by atoms with Gasteiger partial charge in [0.1, 0.15) is 0 Å². The van der Waals surface area contributed by atoms with Crippen LogP contribution in [0.25, 0.3) is 0 Å². The van der Waals surface area contributed by atoms with Crippen LogP contribution in [0.5, 0.6) is 0 Å². The molecule has 0 aromatic heterocycles. The molecule has 0 aromatic carbocycles. The van der Waals surface area contributed by atoms with Crippen molar-refractivity contribution in [1.82, 2.24) is 0 Å². The molecular formula is C14H32O3Si. The van der Waals surface area contributed by atoms with E-state index in [0.717, 1.165) is 6.42 Å². The molecule has 0 amide bonds. The smallest absolute Gasteiger partial charge is 0.192 e. The molecule has 4 atom stereocenters. The topological polar surface area (TPSA) is 49.7 Å². The van der Waals surface area contributed by atoms with Gasteiger partial charge in [-0.05, 0) is 31.5 Å².